The summed E-state index contributed by atoms with van der Waals surface area (Å²) in [5.74, 6) is -0.0217. The molecule has 0 aliphatic carbocycles. The lowest BCUT2D eigenvalue weighted by Crippen LogP contribution is -2.46. The molecule has 5 nitrogen and oxygen atoms in total. The molecule has 16 heavy (non-hydrogen) atoms. The third-order valence-electron chi connectivity index (χ3n) is 3.03. The molecule has 2 saturated heterocycles. The summed E-state index contributed by atoms with van der Waals surface area (Å²) < 4.78 is 10.6. The Balaban J connectivity index is 1.76. The van der Waals surface area contributed by atoms with Gasteiger partial charge in [-0.25, -0.2) is 0 Å². The fourth-order valence-corrected chi connectivity index (χ4v) is 2.10. The fraction of sp³-hybridized carbons (Fsp3) is 0.909. The minimum atomic E-state index is -0.412. The Labute approximate surface area is 95.9 Å². The number of carbonyl (C=O) groups excluding carboxylic acids is 1. The molecule has 0 radical (unpaired) electrons. The van der Waals surface area contributed by atoms with Crippen molar-refractivity contribution in [2.45, 2.75) is 31.4 Å². The van der Waals surface area contributed by atoms with Gasteiger partial charge >= 0.3 is 0 Å². The maximum Gasteiger partial charge on any atom is 0.251 e. The molecule has 0 spiro atoms. The van der Waals surface area contributed by atoms with Gasteiger partial charge in [0.2, 0.25) is 0 Å². The molecular formula is C11H20N2O3. The van der Waals surface area contributed by atoms with Crippen LogP contribution in [0.25, 0.3) is 0 Å². The van der Waals surface area contributed by atoms with Crippen molar-refractivity contribution in [3.8, 4) is 0 Å². The van der Waals surface area contributed by atoms with Crippen molar-refractivity contribution in [3.63, 3.8) is 0 Å². The summed E-state index contributed by atoms with van der Waals surface area (Å²) in [6, 6.07) is 0.285. The van der Waals surface area contributed by atoms with E-state index in [1.807, 2.05) is 0 Å². The zero-order chi connectivity index (χ0) is 11.2. The van der Waals surface area contributed by atoms with E-state index in [1.165, 1.54) is 0 Å². The number of hydrogen-bond donors (Lipinski definition) is 2. The van der Waals surface area contributed by atoms with Gasteiger partial charge in [-0.15, -0.1) is 0 Å². The molecule has 2 unspecified atom stereocenters. The van der Waals surface area contributed by atoms with E-state index in [0.717, 1.165) is 32.4 Å². The van der Waals surface area contributed by atoms with E-state index in [4.69, 9.17) is 9.47 Å². The molecular weight excluding hydrogens is 208 g/mol. The summed E-state index contributed by atoms with van der Waals surface area (Å²) in [5, 5.41) is 6.37. The van der Waals surface area contributed by atoms with Gasteiger partial charge in [-0.05, 0) is 32.4 Å². The second kappa shape index (κ2) is 6.18. The van der Waals surface area contributed by atoms with Crippen LogP contribution in [0.2, 0.25) is 0 Å². The SMILES string of the molecule is O=C(NC1CCCNCC1)C1COCCO1. The Kier molecular flexibility index (Phi) is 4.56. The Morgan fingerprint density at radius 2 is 2.19 bits per heavy atom. The van der Waals surface area contributed by atoms with Crippen LogP contribution in [0, 0.1) is 0 Å². The van der Waals surface area contributed by atoms with Crippen molar-refractivity contribution < 1.29 is 14.3 Å². The topological polar surface area (TPSA) is 59.6 Å². The largest absolute Gasteiger partial charge is 0.376 e. The van der Waals surface area contributed by atoms with Crippen LogP contribution >= 0.6 is 0 Å². The monoisotopic (exact) mass is 228 g/mol. The van der Waals surface area contributed by atoms with Crippen molar-refractivity contribution in [1.82, 2.24) is 10.6 Å². The summed E-state index contributed by atoms with van der Waals surface area (Å²) in [6.07, 6.45) is 2.75. The maximum absolute atomic E-state index is 11.8. The van der Waals surface area contributed by atoms with Gasteiger partial charge in [-0.2, -0.15) is 0 Å². The second-order valence-electron chi connectivity index (χ2n) is 4.32. The molecule has 2 aliphatic heterocycles. The zero-order valence-electron chi connectivity index (χ0n) is 9.54. The van der Waals surface area contributed by atoms with E-state index in [9.17, 15) is 4.79 Å². The van der Waals surface area contributed by atoms with Crippen LogP contribution in [0.4, 0.5) is 0 Å². The highest BCUT2D eigenvalue weighted by atomic mass is 16.6. The Bertz CT molecular complexity index is 221. The van der Waals surface area contributed by atoms with Gasteiger partial charge in [-0.3, -0.25) is 4.79 Å². The van der Waals surface area contributed by atoms with Crippen LogP contribution in [0.5, 0.6) is 0 Å². The van der Waals surface area contributed by atoms with E-state index >= 15 is 0 Å². The molecule has 2 atom stereocenters. The summed E-state index contributed by atoms with van der Waals surface area (Å²) >= 11 is 0. The smallest absolute Gasteiger partial charge is 0.251 e. The first-order valence-electron chi connectivity index (χ1n) is 6.07. The predicted octanol–water partition coefficient (Wildman–Crippen LogP) is -0.340. The number of rotatable bonds is 2. The number of nitrogens with one attached hydrogen (secondary N) is 2. The number of ether oxygens (including phenoxy) is 2. The van der Waals surface area contributed by atoms with Crippen LogP contribution in [0.3, 0.4) is 0 Å². The van der Waals surface area contributed by atoms with Crippen molar-refractivity contribution >= 4 is 5.91 Å². The lowest BCUT2D eigenvalue weighted by atomic mass is 10.1. The summed E-state index contributed by atoms with van der Waals surface area (Å²) in [6.45, 7) is 3.53. The van der Waals surface area contributed by atoms with Crippen LogP contribution in [-0.4, -0.2) is 51.0 Å². The molecule has 0 aromatic rings. The van der Waals surface area contributed by atoms with Gasteiger partial charge in [0, 0.05) is 6.04 Å². The Morgan fingerprint density at radius 3 is 3.00 bits per heavy atom. The molecule has 0 bridgehead atoms. The number of hydrogen-bond acceptors (Lipinski definition) is 4. The van der Waals surface area contributed by atoms with Gasteiger partial charge in [0.1, 0.15) is 0 Å². The average Bonchev–Trinajstić information content (AvgIpc) is 2.59. The van der Waals surface area contributed by atoms with Gasteiger partial charge in [-0.1, -0.05) is 0 Å². The first-order valence-corrected chi connectivity index (χ1v) is 6.07. The van der Waals surface area contributed by atoms with Crippen molar-refractivity contribution in [3.05, 3.63) is 0 Å². The molecule has 0 aromatic heterocycles. The zero-order valence-corrected chi connectivity index (χ0v) is 9.54. The first-order chi connectivity index (χ1) is 7.86. The molecule has 0 saturated carbocycles. The lowest BCUT2D eigenvalue weighted by molar-refractivity contribution is -0.148. The summed E-state index contributed by atoms with van der Waals surface area (Å²) in [5.41, 5.74) is 0. The Hall–Kier alpha value is -0.650. The van der Waals surface area contributed by atoms with E-state index in [1.54, 1.807) is 0 Å². The predicted molar refractivity (Wildman–Crippen MR) is 59.2 cm³/mol. The van der Waals surface area contributed by atoms with Crippen LogP contribution in [-0.2, 0) is 14.3 Å². The van der Waals surface area contributed by atoms with Crippen molar-refractivity contribution in [2.75, 3.05) is 32.9 Å². The van der Waals surface area contributed by atoms with Crippen LogP contribution in [0.15, 0.2) is 0 Å². The normalized spacial score (nSPS) is 31.8. The van der Waals surface area contributed by atoms with Crippen LogP contribution in [0.1, 0.15) is 19.3 Å². The van der Waals surface area contributed by atoms with Gasteiger partial charge < -0.3 is 20.1 Å². The molecule has 2 fully saturated rings. The Morgan fingerprint density at radius 1 is 1.25 bits per heavy atom. The molecule has 2 rings (SSSR count). The van der Waals surface area contributed by atoms with E-state index < -0.39 is 6.10 Å². The molecule has 1 amide bonds. The van der Waals surface area contributed by atoms with Crippen molar-refractivity contribution in [1.29, 1.82) is 0 Å². The number of carbonyl (C=O) groups is 1. The quantitative estimate of drug-likeness (QED) is 0.679. The highest BCUT2D eigenvalue weighted by Crippen LogP contribution is 2.07. The van der Waals surface area contributed by atoms with E-state index in [0.29, 0.717) is 19.8 Å². The summed E-state index contributed by atoms with van der Waals surface area (Å²) in [7, 11) is 0. The molecule has 5 heteroatoms. The molecule has 0 aromatic carbocycles. The first kappa shape index (κ1) is 11.8. The second-order valence-corrected chi connectivity index (χ2v) is 4.32. The van der Waals surface area contributed by atoms with E-state index in [-0.39, 0.29) is 11.9 Å². The standard InChI is InChI=1S/C11H20N2O3/c14-11(10-8-15-6-7-16-10)13-9-2-1-4-12-5-3-9/h9-10,12H,1-8H2,(H,13,14). The van der Waals surface area contributed by atoms with Gasteiger partial charge in [0.25, 0.3) is 5.91 Å². The highest BCUT2D eigenvalue weighted by molar-refractivity contribution is 5.81. The third kappa shape index (κ3) is 3.43. The minimum Gasteiger partial charge on any atom is -0.376 e. The fourth-order valence-electron chi connectivity index (χ4n) is 2.10. The molecule has 92 valence electrons. The molecule has 2 aliphatic rings. The van der Waals surface area contributed by atoms with Crippen LogP contribution < -0.4 is 10.6 Å². The highest BCUT2D eigenvalue weighted by Gasteiger charge is 2.24. The van der Waals surface area contributed by atoms with E-state index in [2.05, 4.69) is 10.6 Å². The summed E-state index contributed by atoms with van der Waals surface area (Å²) in [4.78, 5) is 11.8. The minimum absolute atomic E-state index is 0.0217. The number of amides is 1. The van der Waals surface area contributed by atoms with Gasteiger partial charge in [0.15, 0.2) is 6.10 Å². The van der Waals surface area contributed by atoms with Gasteiger partial charge in [0.05, 0.1) is 19.8 Å². The average molecular weight is 228 g/mol. The maximum atomic E-state index is 11.8. The molecule has 2 N–H and O–H groups in total. The molecule has 2 heterocycles. The van der Waals surface area contributed by atoms with Crippen molar-refractivity contribution in [2.24, 2.45) is 0 Å². The lowest BCUT2D eigenvalue weighted by Gasteiger charge is -2.24. The third-order valence-corrected chi connectivity index (χ3v) is 3.03.